The Labute approximate surface area is 127 Å². The van der Waals surface area contributed by atoms with Crippen molar-refractivity contribution in [2.75, 3.05) is 11.9 Å². The quantitative estimate of drug-likeness (QED) is 0.619. The number of nitrogens with zero attached hydrogens (tertiary/aromatic N) is 1. The third-order valence-corrected chi connectivity index (χ3v) is 4.04. The standard InChI is InChI=1S/C17H27N3O/c1-2-3-11-18-15-10-12-19-16(13-15)17(21)20-14-8-6-4-5-7-9-14/h10,12-14H,2-9,11H2,1H3,(H,18,19)(H,20,21). The molecule has 2 rings (SSSR count). The van der Waals surface area contributed by atoms with Gasteiger partial charge >= 0.3 is 0 Å². The third kappa shape index (κ3) is 5.37. The highest BCUT2D eigenvalue weighted by molar-refractivity contribution is 5.93. The minimum Gasteiger partial charge on any atom is -0.385 e. The van der Waals surface area contributed by atoms with E-state index >= 15 is 0 Å². The number of nitrogens with one attached hydrogen (secondary N) is 2. The van der Waals surface area contributed by atoms with E-state index in [9.17, 15) is 4.79 Å². The van der Waals surface area contributed by atoms with E-state index in [4.69, 9.17) is 0 Å². The predicted octanol–water partition coefficient (Wildman–Crippen LogP) is 3.75. The maximum Gasteiger partial charge on any atom is 0.270 e. The van der Waals surface area contributed by atoms with Crippen molar-refractivity contribution in [1.82, 2.24) is 10.3 Å². The minimum absolute atomic E-state index is 0.0407. The van der Waals surface area contributed by atoms with E-state index in [0.717, 1.165) is 37.9 Å². The van der Waals surface area contributed by atoms with E-state index in [2.05, 4.69) is 22.5 Å². The van der Waals surface area contributed by atoms with Crippen molar-refractivity contribution in [3.8, 4) is 0 Å². The summed E-state index contributed by atoms with van der Waals surface area (Å²) in [6.07, 6.45) is 11.2. The number of amides is 1. The molecular weight excluding hydrogens is 262 g/mol. The van der Waals surface area contributed by atoms with Gasteiger partial charge in [-0.25, -0.2) is 0 Å². The Hall–Kier alpha value is -1.58. The van der Waals surface area contributed by atoms with Gasteiger partial charge in [-0.15, -0.1) is 0 Å². The van der Waals surface area contributed by atoms with Crippen LogP contribution in [0.3, 0.4) is 0 Å². The minimum atomic E-state index is -0.0407. The van der Waals surface area contributed by atoms with Crippen molar-refractivity contribution < 1.29 is 4.79 Å². The smallest absolute Gasteiger partial charge is 0.270 e. The molecule has 1 aromatic heterocycles. The number of carbonyl (C=O) groups excluding carboxylic acids is 1. The second-order valence-electron chi connectivity index (χ2n) is 5.87. The van der Waals surface area contributed by atoms with Crippen molar-refractivity contribution in [3.05, 3.63) is 24.0 Å². The van der Waals surface area contributed by atoms with Crippen LogP contribution in [-0.4, -0.2) is 23.5 Å². The highest BCUT2D eigenvalue weighted by Gasteiger charge is 2.16. The van der Waals surface area contributed by atoms with Crippen LogP contribution in [0.4, 0.5) is 5.69 Å². The van der Waals surface area contributed by atoms with Gasteiger partial charge in [-0.1, -0.05) is 39.0 Å². The fraction of sp³-hybridized carbons (Fsp3) is 0.647. The zero-order valence-corrected chi connectivity index (χ0v) is 13.0. The fourth-order valence-corrected chi connectivity index (χ4v) is 2.76. The molecule has 0 unspecified atom stereocenters. The van der Waals surface area contributed by atoms with E-state index in [0.29, 0.717) is 11.7 Å². The maximum absolute atomic E-state index is 12.3. The Bertz CT molecular complexity index is 439. The summed E-state index contributed by atoms with van der Waals surface area (Å²) in [4.78, 5) is 16.5. The monoisotopic (exact) mass is 289 g/mol. The van der Waals surface area contributed by atoms with E-state index in [1.54, 1.807) is 6.20 Å². The van der Waals surface area contributed by atoms with Crippen LogP contribution >= 0.6 is 0 Å². The molecule has 4 nitrogen and oxygen atoms in total. The molecule has 0 aromatic carbocycles. The van der Waals surface area contributed by atoms with Crippen LogP contribution in [-0.2, 0) is 0 Å². The summed E-state index contributed by atoms with van der Waals surface area (Å²) in [6, 6.07) is 4.08. The number of carbonyl (C=O) groups is 1. The molecule has 4 heteroatoms. The molecule has 1 fully saturated rings. The number of pyridine rings is 1. The molecule has 1 aliphatic carbocycles. The van der Waals surface area contributed by atoms with E-state index in [1.165, 1.54) is 25.7 Å². The van der Waals surface area contributed by atoms with Crippen LogP contribution in [0.5, 0.6) is 0 Å². The van der Waals surface area contributed by atoms with Crippen molar-refractivity contribution in [1.29, 1.82) is 0 Å². The van der Waals surface area contributed by atoms with Gasteiger partial charge in [-0.3, -0.25) is 9.78 Å². The van der Waals surface area contributed by atoms with Crippen LogP contribution in [0.15, 0.2) is 18.3 Å². The fourth-order valence-electron chi connectivity index (χ4n) is 2.76. The molecule has 1 amide bonds. The van der Waals surface area contributed by atoms with Gasteiger partial charge in [0, 0.05) is 24.5 Å². The average molecular weight is 289 g/mol. The SMILES string of the molecule is CCCCNc1ccnc(C(=O)NC2CCCCCC2)c1. The summed E-state index contributed by atoms with van der Waals surface area (Å²) in [5.41, 5.74) is 1.49. The first-order valence-corrected chi connectivity index (χ1v) is 8.30. The topological polar surface area (TPSA) is 54.0 Å². The van der Waals surface area contributed by atoms with E-state index in [-0.39, 0.29) is 5.91 Å². The van der Waals surface area contributed by atoms with Crippen LogP contribution in [0.1, 0.15) is 68.8 Å². The number of anilines is 1. The molecule has 0 saturated heterocycles. The van der Waals surface area contributed by atoms with Gasteiger partial charge in [0.1, 0.15) is 5.69 Å². The molecule has 1 saturated carbocycles. The van der Waals surface area contributed by atoms with Crippen LogP contribution in [0.25, 0.3) is 0 Å². The van der Waals surface area contributed by atoms with Crippen LogP contribution in [0.2, 0.25) is 0 Å². The number of unbranched alkanes of at least 4 members (excludes halogenated alkanes) is 1. The predicted molar refractivity (Wildman–Crippen MR) is 86.6 cm³/mol. The summed E-state index contributed by atoms with van der Waals surface area (Å²) in [7, 11) is 0. The molecule has 0 atom stereocenters. The maximum atomic E-state index is 12.3. The highest BCUT2D eigenvalue weighted by Crippen LogP contribution is 2.17. The first-order chi connectivity index (χ1) is 10.3. The van der Waals surface area contributed by atoms with Gasteiger partial charge in [-0.05, 0) is 31.4 Å². The Balaban J connectivity index is 1.90. The van der Waals surface area contributed by atoms with E-state index in [1.807, 2.05) is 12.1 Å². The molecule has 0 aliphatic heterocycles. The lowest BCUT2D eigenvalue weighted by molar-refractivity contribution is 0.0928. The molecule has 0 spiro atoms. The summed E-state index contributed by atoms with van der Waals surface area (Å²) >= 11 is 0. The molecule has 1 heterocycles. The van der Waals surface area contributed by atoms with Crippen molar-refractivity contribution >= 4 is 11.6 Å². The largest absolute Gasteiger partial charge is 0.385 e. The molecule has 21 heavy (non-hydrogen) atoms. The van der Waals surface area contributed by atoms with Gasteiger partial charge in [0.25, 0.3) is 5.91 Å². The summed E-state index contributed by atoms with van der Waals surface area (Å²) in [6.45, 7) is 3.10. The summed E-state index contributed by atoms with van der Waals surface area (Å²) < 4.78 is 0. The van der Waals surface area contributed by atoms with Gasteiger partial charge < -0.3 is 10.6 Å². The zero-order valence-electron chi connectivity index (χ0n) is 13.0. The summed E-state index contributed by atoms with van der Waals surface area (Å²) in [5, 5.41) is 6.47. The van der Waals surface area contributed by atoms with Crippen LogP contribution < -0.4 is 10.6 Å². The second-order valence-corrected chi connectivity index (χ2v) is 5.87. The zero-order chi connectivity index (χ0) is 14.9. The van der Waals surface area contributed by atoms with Gasteiger partial charge in [0.2, 0.25) is 0 Å². The lowest BCUT2D eigenvalue weighted by Crippen LogP contribution is -2.34. The Kier molecular flexibility index (Phi) is 6.51. The number of aromatic nitrogens is 1. The normalized spacial score (nSPS) is 16.2. The average Bonchev–Trinajstić information content (AvgIpc) is 2.76. The molecule has 2 N–H and O–H groups in total. The third-order valence-electron chi connectivity index (χ3n) is 4.04. The van der Waals surface area contributed by atoms with Crippen molar-refractivity contribution in [2.45, 2.75) is 64.3 Å². The highest BCUT2D eigenvalue weighted by atomic mass is 16.1. The number of rotatable bonds is 6. The Morgan fingerprint density at radius 1 is 1.29 bits per heavy atom. The van der Waals surface area contributed by atoms with Gasteiger partial charge in [-0.2, -0.15) is 0 Å². The van der Waals surface area contributed by atoms with Crippen molar-refractivity contribution in [2.24, 2.45) is 0 Å². The molecule has 116 valence electrons. The molecule has 1 aromatic rings. The molecular formula is C17H27N3O. The Morgan fingerprint density at radius 2 is 2.05 bits per heavy atom. The summed E-state index contributed by atoms with van der Waals surface area (Å²) in [5.74, 6) is -0.0407. The van der Waals surface area contributed by atoms with Crippen LogP contribution in [0, 0.1) is 0 Å². The van der Waals surface area contributed by atoms with Gasteiger partial charge in [0.15, 0.2) is 0 Å². The Morgan fingerprint density at radius 3 is 2.76 bits per heavy atom. The molecule has 0 bridgehead atoms. The molecule has 1 aliphatic rings. The second kappa shape index (κ2) is 8.65. The lowest BCUT2D eigenvalue weighted by atomic mass is 10.1. The lowest BCUT2D eigenvalue weighted by Gasteiger charge is -2.16. The van der Waals surface area contributed by atoms with E-state index < -0.39 is 0 Å². The van der Waals surface area contributed by atoms with Gasteiger partial charge in [0.05, 0.1) is 0 Å². The first kappa shape index (κ1) is 15.8. The number of hydrogen-bond acceptors (Lipinski definition) is 3. The number of hydrogen-bond donors (Lipinski definition) is 2. The van der Waals surface area contributed by atoms with Crippen molar-refractivity contribution in [3.63, 3.8) is 0 Å². The first-order valence-electron chi connectivity index (χ1n) is 8.30. The molecule has 0 radical (unpaired) electrons.